The highest BCUT2D eigenvalue weighted by Gasteiger charge is 2.10. The molecule has 0 aliphatic carbocycles. The van der Waals surface area contributed by atoms with Crippen molar-refractivity contribution in [2.45, 2.75) is 0 Å². The van der Waals surface area contributed by atoms with E-state index in [1.807, 2.05) is 0 Å². The van der Waals surface area contributed by atoms with E-state index in [4.69, 9.17) is 11.6 Å². The van der Waals surface area contributed by atoms with Gasteiger partial charge in [0.25, 0.3) is 0 Å². The second-order valence-corrected chi connectivity index (χ2v) is 2.61. The first kappa shape index (κ1) is 9.13. The smallest absolute Gasteiger partial charge is 0.161 e. The minimum Gasteiger partial charge on any atom is -0.206 e. The Morgan fingerprint density at radius 1 is 1.08 bits per heavy atom. The summed E-state index contributed by atoms with van der Waals surface area (Å²) in [5.41, 5.74) is -0.226. The summed E-state index contributed by atoms with van der Waals surface area (Å²) in [6.07, 6.45) is 0. The van der Waals surface area contributed by atoms with Crippen LogP contribution in [0.2, 0.25) is 0 Å². The molecule has 4 heteroatoms. The maximum Gasteiger partial charge on any atom is 0.161 e. The van der Waals surface area contributed by atoms with Gasteiger partial charge in [-0.05, 0) is 6.07 Å². The van der Waals surface area contributed by atoms with Gasteiger partial charge in [-0.25, -0.2) is 13.2 Å². The third-order valence-electron chi connectivity index (χ3n) is 1.30. The summed E-state index contributed by atoms with van der Waals surface area (Å²) < 4.78 is 37.5. The van der Waals surface area contributed by atoms with Crippen molar-refractivity contribution in [2.24, 2.45) is 0 Å². The average molecular weight is 193 g/mol. The van der Waals surface area contributed by atoms with Gasteiger partial charge in [0.15, 0.2) is 11.6 Å². The Bertz CT molecular complexity index is 333. The summed E-state index contributed by atoms with van der Waals surface area (Å²) in [6.45, 7) is 3.19. The first-order chi connectivity index (χ1) is 5.52. The first-order valence-electron chi connectivity index (χ1n) is 3.01. The Kier molecular flexibility index (Phi) is 2.43. The normalized spacial score (nSPS) is 10.0. The molecule has 0 bridgehead atoms. The highest BCUT2D eigenvalue weighted by Crippen LogP contribution is 2.22. The second-order valence-electron chi connectivity index (χ2n) is 2.15. The SMILES string of the molecule is C=C(Cl)c1cc(F)c(F)cc1F. The Labute approximate surface area is 72.3 Å². The van der Waals surface area contributed by atoms with E-state index in [9.17, 15) is 13.2 Å². The molecule has 0 fully saturated rings. The molecule has 0 spiro atoms. The molecule has 0 saturated carbocycles. The van der Waals surface area contributed by atoms with Gasteiger partial charge < -0.3 is 0 Å². The average Bonchev–Trinajstić information content (AvgIpc) is 1.96. The number of rotatable bonds is 1. The minimum absolute atomic E-state index is 0.161. The summed E-state index contributed by atoms with van der Waals surface area (Å²) in [5.74, 6) is -3.31. The topological polar surface area (TPSA) is 0 Å². The van der Waals surface area contributed by atoms with E-state index in [-0.39, 0.29) is 10.6 Å². The lowest BCUT2D eigenvalue weighted by molar-refractivity contribution is 0.494. The Hall–Kier alpha value is -0.960. The van der Waals surface area contributed by atoms with Crippen LogP contribution in [0.4, 0.5) is 13.2 Å². The van der Waals surface area contributed by atoms with Crippen LogP contribution in [0.5, 0.6) is 0 Å². The maximum atomic E-state index is 12.7. The molecule has 1 rings (SSSR count). The Morgan fingerprint density at radius 2 is 1.58 bits per heavy atom. The summed E-state index contributed by atoms with van der Waals surface area (Å²) in [6, 6.07) is 1.10. The Morgan fingerprint density at radius 3 is 2.08 bits per heavy atom. The van der Waals surface area contributed by atoms with Crippen LogP contribution >= 0.6 is 11.6 Å². The van der Waals surface area contributed by atoms with Crippen molar-refractivity contribution >= 4 is 16.6 Å². The molecule has 0 nitrogen and oxygen atoms in total. The van der Waals surface area contributed by atoms with E-state index in [0.29, 0.717) is 12.1 Å². The number of hydrogen-bond donors (Lipinski definition) is 0. The zero-order valence-electron chi connectivity index (χ0n) is 5.87. The predicted molar refractivity (Wildman–Crippen MR) is 41.2 cm³/mol. The molecule has 0 atom stereocenters. The van der Waals surface area contributed by atoms with E-state index in [1.54, 1.807) is 0 Å². The van der Waals surface area contributed by atoms with Crippen LogP contribution in [-0.4, -0.2) is 0 Å². The molecule has 64 valence electrons. The molecule has 0 saturated heterocycles. The van der Waals surface area contributed by atoms with Crippen LogP contribution < -0.4 is 0 Å². The largest absolute Gasteiger partial charge is 0.206 e. The lowest BCUT2D eigenvalue weighted by Crippen LogP contribution is -1.91. The molecule has 12 heavy (non-hydrogen) atoms. The van der Waals surface area contributed by atoms with Crippen molar-refractivity contribution in [3.05, 3.63) is 41.7 Å². The predicted octanol–water partition coefficient (Wildman–Crippen LogP) is 3.31. The van der Waals surface area contributed by atoms with Crippen LogP contribution in [0.1, 0.15) is 5.56 Å². The zero-order valence-corrected chi connectivity index (χ0v) is 6.63. The molecular formula is C8H4ClF3. The van der Waals surface area contributed by atoms with Gasteiger partial charge in [0.1, 0.15) is 5.82 Å². The van der Waals surface area contributed by atoms with Gasteiger partial charge in [-0.3, -0.25) is 0 Å². The van der Waals surface area contributed by atoms with Crippen LogP contribution in [0.25, 0.3) is 5.03 Å². The van der Waals surface area contributed by atoms with E-state index in [0.717, 1.165) is 0 Å². The molecule has 0 aromatic heterocycles. The molecule has 1 aromatic carbocycles. The third kappa shape index (κ3) is 1.61. The number of benzene rings is 1. The second kappa shape index (κ2) is 3.19. The van der Waals surface area contributed by atoms with Crippen molar-refractivity contribution in [3.63, 3.8) is 0 Å². The van der Waals surface area contributed by atoms with Gasteiger partial charge in [0.2, 0.25) is 0 Å². The molecular weight excluding hydrogens is 189 g/mol. The fourth-order valence-electron chi connectivity index (χ4n) is 0.730. The number of halogens is 4. The Balaban J connectivity index is 3.33. The van der Waals surface area contributed by atoms with Crippen LogP contribution in [-0.2, 0) is 0 Å². The van der Waals surface area contributed by atoms with Gasteiger partial charge >= 0.3 is 0 Å². The van der Waals surface area contributed by atoms with Crippen molar-refractivity contribution in [1.82, 2.24) is 0 Å². The molecule has 0 aliphatic heterocycles. The standard InChI is InChI=1S/C8H4ClF3/c1-4(9)5-2-7(11)8(12)3-6(5)10/h2-3H,1H2. The van der Waals surface area contributed by atoms with Gasteiger partial charge in [-0.2, -0.15) is 0 Å². The summed E-state index contributed by atoms with van der Waals surface area (Å²) in [4.78, 5) is 0. The lowest BCUT2D eigenvalue weighted by atomic mass is 10.2. The van der Waals surface area contributed by atoms with Crippen molar-refractivity contribution in [1.29, 1.82) is 0 Å². The van der Waals surface area contributed by atoms with Crippen LogP contribution in [0, 0.1) is 17.5 Å². The molecule has 0 radical (unpaired) electrons. The zero-order chi connectivity index (χ0) is 9.30. The van der Waals surface area contributed by atoms with E-state index >= 15 is 0 Å². The summed E-state index contributed by atoms with van der Waals surface area (Å²) in [5, 5.41) is -0.161. The van der Waals surface area contributed by atoms with Gasteiger partial charge in [0.05, 0.1) is 0 Å². The van der Waals surface area contributed by atoms with Crippen molar-refractivity contribution in [2.75, 3.05) is 0 Å². The minimum atomic E-state index is -1.24. The highest BCUT2D eigenvalue weighted by molar-refractivity contribution is 6.48. The summed E-state index contributed by atoms with van der Waals surface area (Å²) >= 11 is 5.31. The quantitative estimate of drug-likeness (QED) is 0.599. The van der Waals surface area contributed by atoms with Crippen LogP contribution in [0.3, 0.4) is 0 Å². The third-order valence-corrected chi connectivity index (χ3v) is 1.51. The molecule has 0 amide bonds. The van der Waals surface area contributed by atoms with Crippen molar-refractivity contribution in [3.8, 4) is 0 Å². The van der Waals surface area contributed by atoms with E-state index < -0.39 is 17.5 Å². The molecule has 0 aliphatic rings. The lowest BCUT2D eigenvalue weighted by Gasteiger charge is -2.00. The van der Waals surface area contributed by atoms with Gasteiger partial charge in [-0.15, -0.1) is 0 Å². The van der Waals surface area contributed by atoms with Crippen molar-refractivity contribution < 1.29 is 13.2 Å². The molecule has 1 aromatic rings. The first-order valence-corrected chi connectivity index (χ1v) is 3.39. The fourth-order valence-corrected chi connectivity index (χ4v) is 0.875. The van der Waals surface area contributed by atoms with E-state index in [2.05, 4.69) is 6.58 Å². The monoisotopic (exact) mass is 192 g/mol. The summed E-state index contributed by atoms with van der Waals surface area (Å²) in [7, 11) is 0. The van der Waals surface area contributed by atoms with Gasteiger partial charge in [-0.1, -0.05) is 18.2 Å². The number of hydrogen-bond acceptors (Lipinski definition) is 0. The van der Waals surface area contributed by atoms with E-state index in [1.165, 1.54) is 0 Å². The molecule has 0 heterocycles. The molecule has 0 N–H and O–H groups in total. The molecule has 0 unspecified atom stereocenters. The fraction of sp³-hybridized carbons (Fsp3) is 0. The highest BCUT2D eigenvalue weighted by atomic mass is 35.5. The maximum absolute atomic E-state index is 12.7. The van der Waals surface area contributed by atoms with Crippen LogP contribution in [0.15, 0.2) is 18.7 Å². The van der Waals surface area contributed by atoms with Gasteiger partial charge in [0, 0.05) is 16.7 Å².